The summed E-state index contributed by atoms with van der Waals surface area (Å²) < 4.78 is 56.8. The Morgan fingerprint density at radius 3 is 2.41 bits per heavy atom. The highest BCUT2D eigenvalue weighted by Crippen LogP contribution is 2.39. The van der Waals surface area contributed by atoms with Crippen molar-refractivity contribution in [3.05, 3.63) is 41.5 Å². The van der Waals surface area contributed by atoms with Crippen LogP contribution in [0.15, 0.2) is 24.3 Å². The maximum absolute atomic E-state index is 14.2. The van der Waals surface area contributed by atoms with Gasteiger partial charge in [0, 0.05) is 0 Å². The third kappa shape index (κ3) is 4.02. The number of rotatable bonds is 5. The van der Waals surface area contributed by atoms with Gasteiger partial charge in [0.2, 0.25) is 5.82 Å². The molecule has 122 valence electrons. The van der Waals surface area contributed by atoms with Gasteiger partial charge in [0.15, 0.2) is 11.6 Å². The first kappa shape index (κ1) is 16.8. The largest absolute Gasteiger partial charge is 0.484 e. The minimum absolute atomic E-state index is 0.0276. The molecule has 1 aliphatic rings. The van der Waals surface area contributed by atoms with Gasteiger partial charge in [-0.15, -0.1) is 0 Å². The highest BCUT2D eigenvalue weighted by molar-refractivity contribution is 5.33. The number of hydrogen-bond donors (Lipinski definition) is 0. The Balaban J connectivity index is 2.08. The van der Waals surface area contributed by atoms with E-state index in [1.807, 2.05) is 13.0 Å². The van der Waals surface area contributed by atoms with Crippen LogP contribution in [-0.2, 0) is 0 Å². The monoisotopic (exact) mass is 316 g/mol. The van der Waals surface area contributed by atoms with Crippen molar-refractivity contribution in [3.8, 4) is 5.75 Å². The third-order valence-corrected chi connectivity index (χ3v) is 4.12. The number of hydrogen-bond acceptors (Lipinski definition) is 1. The van der Waals surface area contributed by atoms with Gasteiger partial charge in [-0.25, -0.2) is 13.2 Å². The molecule has 1 aliphatic carbocycles. The zero-order chi connectivity index (χ0) is 16.1. The van der Waals surface area contributed by atoms with Gasteiger partial charge in [0.25, 0.3) is 6.43 Å². The van der Waals surface area contributed by atoms with Crippen molar-refractivity contribution in [3.63, 3.8) is 0 Å². The summed E-state index contributed by atoms with van der Waals surface area (Å²) >= 11 is 0. The molecular weight excluding hydrogens is 296 g/mol. The van der Waals surface area contributed by atoms with E-state index in [1.54, 1.807) is 0 Å². The first-order valence-electron chi connectivity index (χ1n) is 7.54. The van der Waals surface area contributed by atoms with Gasteiger partial charge in [0.1, 0.15) is 6.61 Å². The van der Waals surface area contributed by atoms with E-state index in [9.17, 15) is 17.6 Å². The number of halogens is 4. The lowest BCUT2D eigenvalue weighted by Gasteiger charge is -2.27. The van der Waals surface area contributed by atoms with E-state index in [2.05, 4.69) is 10.8 Å². The zero-order valence-corrected chi connectivity index (χ0v) is 12.5. The van der Waals surface area contributed by atoms with Crippen molar-refractivity contribution in [1.82, 2.24) is 0 Å². The summed E-state index contributed by atoms with van der Waals surface area (Å²) in [6.07, 6.45) is 4.92. The highest BCUT2D eigenvalue weighted by atomic mass is 19.3. The van der Waals surface area contributed by atoms with Crippen LogP contribution in [0.3, 0.4) is 0 Å². The van der Waals surface area contributed by atoms with Crippen molar-refractivity contribution in [1.29, 1.82) is 0 Å². The minimum Gasteiger partial charge on any atom is -0.484 e. The standard InChI is InChI=1S/C17H20F4O/c1-2-3-11-4-6-12(7-5-11)13-8-9-14(17(21)16(13)20)22-10-15(18)19/h2-3,8-9,11-12,15H,4-7,10H2,1H3/b3-2+. The molecule has 0 aromatic heterocycles. The normalized spacial score (nSPS) is 22.5. The van der Waals surface area contributed by atoms with Crippen LogP contribution in [0.4, 0.5) is 17.6 Å². The Kier molecular flexibility index (Phi) is 5.86. The summed E-state index contributed by atoms with van der Waals surface area (Å²) in [5.74, 6) is -2.12. The first-order chi connectivity index (χ1) is 10.5. The Morgan fingerprint density at radius 1 is 1.14 bits per heavy atom. The molecule has 0 atom stereocenters. The summed E-state index contributed by atoms with van der Waals surface area (Å²) in [5, 5.41) is 0. The molecule has 22 heavy (non-hydrogen) atoms. The molecule has 0 bridgehead atoms. The van der Waals surface area contributed by atoms with E-state index in [0.29, 0.717) is 11.5 Å². The summed E-state index contributed by atoms with van der Waals surface area (Å²) in [6, 6.07) is 2.70. The van der Waals surface area contributed by atoms with Gasteiger partial charge in [-0.3, -0.25) is 0 Å². The average Bonchev–Trinajstić information content (AvgIpc) is 2.50. The third-order valence-electron chi connectivity index (χ3n) is 4.12. The average molecular weight is 316 g/mol. The number of alkyl halides is 2. The Hall–Kier alpha value is -1.52. The molecule has 1 aromatic rings. The lowest BCUT2D eigenvalue weighted by atomic mass is 9.78. The van der Waals surface area contributed by atoms with Gasteiger partial charge in [-0.1, -0.05) is 18.2 Å². The second kappa shape index (κ2) is 7.65. The van der Waals surface area contributed by atoms with Crippen LogP contribution in [0.1, 0.15) is 44.1 Å². The topological polar surface area (TPSA) is 9.23 Å². The van der Waals surface area contributed by atoms with Crippen LogP contribution in [0.25, 0.3) is 0 Å². The lowest BCUT2D eigenvalue weighted by molar-refractivity contribution is 0.0794. The summed E-state index contributed by atoms with van der Waals surface area (Å²) in [4.78, 5) is 0. The fourth-order valence-electron chi connectivity index (χ4n) is 3.02. The molecule has 2 rings (SSSR count). The molecule has 1 fully saturated rings. The van der Waals surface area contributed by atoms with Crippen LogP contribution in [0.2, 0.25) is 0 Å². The molecule has 0 unspecified atom stereocenters. The first-order valence-corrected chi connectivity index (χ1v) is 7.54. The van der Waals surface area contributed by atoms with E-state index in [-0.39, 0.29) is 5.92 Å². The molecule has 0 saturated heterocycles. The van der Waals surface area contributed by atoms with Gasteiger partial charge in [0.05, 0.1) is 0 Å². The molecule has 1 aromatic carbocycles. The van der Waals surface area contributed by atoms with E-state index in [0.717, 1.165) is 25.7 Å². The number of allylic oxidation sites excluding steroid dienone is 2. The molecule has 5 heteroatoms. The molecular formula is C17H20F4O. The summed E-state index contributed by atoms with van der Waals surface area (Å²) in [5.41, 5.74) is 0.320. The molecule has 0 heterocycles. The van der Waals surface area contributed by atoms with Crippen LogP contribution in [0, 0.1) is 17.6 Å². The van der Waals surface area contributed by atoms with Crippen molar-refractivity contribution in [2.75, 3.05) is 6.61 Å². The summed E-state index contributed by atoms with van der Waals surface area (Å²) in [6.45, 7) is 1.03. The maximum atomic E-state index is 14.2. The molecule has 0 amide bonds. The van der Waals surface area contributed by atoms with Crippen LogP contribution < -0.4 is 4.74 Å². The zero-order valence-electron chi connectivity index (χ0n) is 12.5. The lowest BCUT2D eigenvalue weighted by Crippen LogP contribution is -2.14. The number of ether oxygens (including phenoxy) is 1. The van der Waals surface area contributed by atoms with Crippen LogP contribution in [-0.4, -0.2) is 13.0 Å². The second-order valence-corrected chi connectivity index (χ2v) is 5.62. The van der Waals surface area contributed by atoms with Crippen molar-refractivity contribution in [2.24, 2.45) is 5.92 Å². The molecule has 1 saturated carbocycles. The molecule has 0 N–H and O–H groups in total. The van der Waals surface area contributed by atoms with Crippen molar-refractivity contribution in [2.45, 2.75) is 45.0 Å². The van der Waals surface area contributed by atoms with Crippen molar-refractivity contribution >= 4 is 0 Å². The predicted octanol–water partition coefficient (Wildman–Crippen LogP) is 5.46. The predicted molar refractivity (Wildman–Crippen MR) is 77.4 cm³/mol. The van der Waals surface area contributed by atoms with Gasteiger partial charge in [-0.2, -0.15) is 4.39 Å². The smallest absolute Gasteiger partial charge is 0.272 e. The SMILES string of the molecule is C/C=C/C1CCC(c2ccc(OCC(F)F)c(F)c2F)CC1. The number of benzene rings is 1. The van der Waals surface area contributed by atoms with E-state index in [4.69, 9.17) is 0 Å². The van der Waals surface area contributed by atoms with Crippen LogP contribution >= 0.6 is 0 Å². The van der Waals surface area contributed by atoms with E-state index in [1.165, 1.54) is 12.1 Å². The molecule has 0 aliphatic heterocycles. The van der Waals surface area contributed by atoms with Gasteiger partial charge < -0.3 is 4.74 Å². The second-order valence-electron chi connectivity index (χ2n) is 5.62. The van der Waals surface area contributed by atoms with Crippen LogP contribution in [0.5, 0.6) is 5.75 Å². The Morgan fingerprint density at radius 2 is 1.82 bits per heavy atom. The van der Waals surface area contributed by atoms with Gasteiger partial charge >= 0.3 is 0 Å². The van der Waals surface area contributed by atoms with E-state index >= 15 is 0 Å². The molecule has 1 nitrogen and oxygen atoms in total. The Labute approximate surface area is 128 Å². The fraction of sp³-hybridized carbons (Fsp3) is 0.529. The van der Waals surface area contributed by atoms with E-state index < -0.39 is 30.4 Å². The fourth-order valence-corrected chi connectivity index (χ4v) is 3.02. The quantitative estimate of drug-likeness (QED) is 0.518. The maximum Gasteiger partial charge on any atom is 0.272 e. The minimum atomic E-state index is -2.72. The summed E-state index contributed by atoms with van der Waals surface area (Å²) in [7, 11) is 0. The van der Waals surface area contributed by atoms with Crippen molar-refractivity contribution < 1.29 is 22.3 Å². The molecule has 0 spiro atoms. The molecule has 0 radical (unpaired) electrons. The highest BCUT2D eigenvalue weighted by Gasteiger charge is 2.25. The Bertz CT molecular complexity index is 520. The van der Waals surface area contributed by atoms with Gasteiger partial charge in [-0.05, 0) is 56.1 Å².